The van der Waals surface area contributed by atoms with Crippen LogP contribution in [0.25, 0.3) is 0 Å². The lowest BCUT2D eigenvalue weighted by Crippen LogP contribution is -2.58. The Morgan fingerprint density at radius 2 is 2.03 bits per heavy atom. The van der Waals surface area contributed by atoms with E-state index in [4.69, 9.17) is 9.15 Å². The Balaban J connectivity index is 1.57. The molecule has 3 atom stereocenters. The van der Waals surface area contributed by atoms with Crippen molar-refractivity contribution < 1.29 is 28.6 Å². The molecule has 1 aromatic heterocycles. The first kappa shape index (κ1) is 19.2. The van der Waals surface area contributed by atoms with Gasteiger partial charge in [-0.05, 0) is 42.7 Å². The number of fused-ring (bicyclic) bond motifs is 1. The SMILES string of the molecule is O=C(NC(Cc1ccc(O)cc1)C(=O)N1CCCC2OCC(=O)C21)c1ccco1. The predicted molar refractivity (Wildman–Crippen MR) is 101 cm³/mol. The van der Waals surface area contributed by atoms with Gasteiger partial charge in [0.15, 0.2) is 11.5 Å². The van der Waals surface area contributed by atoms with Crippen molar-refractivity contribution >= 4 is 17.6 Å². The van der Waals surface area contributed by atoms with Crippen LogP contribution < -0.4 is 5.32 Å². The molecule has 29 heavy (non-hydrogen) atoms. The molecule has 2 aliphatic rings. The third-order valence-corrected chi connectivity index (χ3v) is 5.35. The van der Waals surface area contributed by atoms with Gasteiger partial charge in [-0.15, -0.1) is 0 Å². The molecule has 4 rings (SSSR count). The zero-order chi connectivity index (χ0) is 20.4. The molecule has 2 N–H and O–H groups in total. The number of benzene rings is 1. The highest BCUT2D eigenvalue weighted by molar-refractivity contribution is 5.97. The van der Waals surface area contributed by atoms with Gasteiger partial charge in [0.2, 0.25) is 5.91 Å². The average Bonchev–Trinajstić information content (AvgIpc) is 3.39. The lowest BCUT2D eigenvalue weighted by Gasteiger charge is -2.37. The maximum atomic E-state index is 13.4. The van der Waals surface area contributed by atoms with E-state index in [0.717, 1.165) is 18.4 Å². The fraction of sp³-hybridized carbons (Fsp3) is 0.381. The molecule has 3 heterocycles. The Morgan fingerprint density at radius 1 is 1.24 bits per heavy atom. The molecular formula is C21H22N2O6. The molecule has 0 aliphatic carbocycles. The van der Waals surface area contributed by atoms with Gasteiger partial charge in [-0.3, -0.25) is 14.4 Å². The maximum Gasteiger partial charge on any atom is 0.287 e. The van der Waals surface area contributed by atoms with Crippen LogP contribution in [0.3, 0.4) is 0 Å². The number of furan rings is 1. The van der Waals surface area contributed by atoms with Crippen LogP contribution in [-0.2, 0) is 20.7 Å². The van der Waals surface area contributed by atoms with E-state index in [1.807, 2.05) is 0 Å². The number of nitrogens with zero attached hydrogens (tertiary/aromatic N) is 1. The van der Waals surface area contributed by atoms with Gasteiger partial charge in [0.25, 0.3) is 5.91 Å². The Kier molecular flexibility index (Phi) is 5.35. The van der Waals surface area contributed by atoms with Gasteiger partial charge >= 0.3 is 0 Å². The summed E-state index contributed by atoms with van der Waals surface area (Å²) >= 11 is 0. The van der Waals surface area contributed by atoms with E-state index in [0.29, 0.717) is 6.54 Å². The Bertz CT molecular complexity index is 892. The largest absolute Gasteiger partial charge is 0.508 e. The predicted octanol–water partition coefficient (Wildman–Crippen LogP) is 1.29. The number of Topliss-reactive ketones (excluding diaryl/α,β-unsaturated/α-hetero) is 1. The number of aromatic hydroxyl groups is 1. The second-order valence-corrected chi connectivity index (χ2v) is 7.31. The molecular weight excluding hydrogens is 376 g/mol. The van der Waals surface area contributed by atoms with Crippen molar-refractivity contribution in [3.05, 3.63) is 54.0 Å². The summed E-state index contributed by atoms with van der Waals surface area (Å²) in [6, 6.07) is 8.06. The second kappa shape index (κ2) is 8.08. The Hall–Kier alpha value is -3.13. The fourth-order valence-corrected chi connectivity index (χ4v) is 3.94. The molecule has 2 fully saturated rings. The summed E-state index contributed by atoms with van der Waals surface area (Å²) in [5, 5.41) is 12.2. The number of carbonyl (C=O) groups is 3. The normalized spacial score (nSPS) is 22.2. The Labute approximate surface area is 167 Å². The van der Waals surface area contributed by atoms with Crippen LogP contribution in [0.1, 0.15) is 29.0 Å². The van der Waals surface area contributed by atoms with E-state index in [2.05, 4.69) is 5.32 Å². The van der Waals surface area contributed by atoms with Crippen LogP contribution >= 0.6 is 0 Å². The molecule has 1 aromatic carbocycles. The van der Waals surface area contributed by atoms with Crippen LogP contribution in [0.2, 0.25) is 0 Å². The number of hydrogen-bond donors (Lipinski definition) is 2. The van der Waals surface area contributed by atoms with E-state index < -0.39 is 18.0 Å². The zero-order valence-corrected chi connectivity index (χ0v) is 15.7. The number of ketones is 1. The molecule has 152 valence electrons. The molecule has 2 aliphatic heterocycles. The molecule has 0 saturated carbocycles. The van der Waals surface area contributed by atoms with E-state index in [9.17, 15) is 19.5 Å². The first-order chi connectivity index (χ1) is 14.0. The van der Waals surface area contributed by atoms with E-state index in [-0.39, 0.29) is 42.3 Å². The molecule has 0 radical (unpaired) electrons. The number of nitrogens with one attached hydrogen (secondary N) is 1. The number of rotatable bonds is 5. The molecule has 0 spiro atoms. The van der Waals surface area contributed by atoms with Crippen molar-refractivity contribution in [1.29, 1.82) is 0 Å². The molecule has 2 amide bonds. The minimum absolute atomic E-state index is 0.0144. The van der Waals surface area contributed by atoms with Gasteiger partial charge in [-0.2, -0.15) is 0 Å². The molecule has 8 heteroatoms. The molecule has 0 bridgehead atoms. The van der Waals surface area contributed by atoms with Crippen molar-refractivity contribution in [3.63, 3.8) is 0 Å². The van der Waals surface area contributed by atoms with Gasteiger partial charge in [0.1, 0.15) is 24.4 Å². The van der Waals surface area contributed by atoms with Gasteiger partial charge in [-0.25, -0.2) is 0 Å². The number of likely N-dealkylation sites (tertiary alicyclic amines) is 1. The smallest absolute Gasteiger partial charge is 0.287 e. The number of carbonyl (C=O) groups excluding carboxylic acids is 3. The monoisotopic (exact) mass is 398 g/mol. The number of ether oxygens (including phenoxy) is 1. The number of phenolic OH excluding ortho intramolecular Hbond substituents is 1. The van der Waals surface area contributed by atoms with E-state index in [1.165, 1.54) is 29.4 Å². The third kappa shape index (κ3) is 4.02. The highest BCUT2D eigenvalue weighted by Gasteiger charge is 2.45. The minimum Gasteiger partial charge on any atom is -0.508 e. The number of piperidine rings is 1. The molecule has 2 saturated heterocycles. The van der Waals surface area contributed by atoms with Crippen LogP contribution in [0, 0.1) is 0 Å². The van der Waals surface area contributed by atoms with Gasteiger partial charge < -0.3 is 24.5 Å². The fourth-order valence-electron chi connectivity index (χ4n) is 3.94. The van der Waals surface area contributed by atoms with Crippen LogP contribution in [0.4, 0.5) is 0 Å². The van der Waals surface area contributed by atoms with Crippen LogP contribution in [-0.4, -0.2) is 58.9 Å². The lowest BCUT2D eigenvalue weighted by molar-refractivity contribution is -0.142. The van der Waals surface area contributed by atoms with Crippen molar-refractivity contribution in [2.24, 2.45) is 0 Å². The summed E-state index contributed by atoms with van der Waals surface area (Å²) in [7, 11) is 0. The minimum atomic E-state index is -0.885. The van der Waals surface area contributed by atoms with Crippen LogP contribution in [0.15, 0.2) is 47.1 Å². The van der Waals surface area contributed by atoms with Crippen molar-refractivity contribution in [2.45, 2.75) is 37.5 Å². The number of phenols is 1. The summed E-state index contributed by atoms with van der Waals surface area (Å²) in [6.45, 7) is 0.457. The standard InChI is InChI=1S/C21H22N2O6/c24-14-7-5-13(6-8-14)11-15(22-20(26)18-4-2-10-28-18)21(27)23-9-1-3-17-19(23)16(25)12-29-17/h2,4-8,10,15,17,19,24H,1,3,9,11-12H2,(H,22,26). The van der Waals surface area contributed by atoms with Crippen molar-refractivity contribution in [1.82, 2.24) is 10.2 Å². The summed E-state index contributed by atoms with van der Waals surface area (Å²) in [5.41, 5.74) is 0.767. The molecule has 8 nitrogen and oxygen atoms in total. The number of hydrogen-bond acceptors (Lipinski definition) is 6. The highest BCUT2D eigenvalue weighted by atomic mass is 16.5. The summed E-state index contributed by atoms with van der Waals surface area (Å²) < 4.78 is 10.7. The second-order valence-electron chi connectivity index (χ2n) is 7.31. The van der Waals surface area contributed by atoms with Crippen molar-refractivity contribution in [2.75, 3.05) is 13.2 Å². The first-order valence-corrected chi connectivity index (χ1v) is 9.60. The van der Waals surface area contributed by atoms with Gasteiger partial charge in [0.05, 0.1) is 12.4 Å². The van der Waals surface area contributed by atoms with Gasteiger partial charge in [-0.1, -0.05) is 12.1 Å². The van der Waals surface area contributed by atoms with E-state index in [1.54, 1.807) is 18.2 Å². The number of amides is 2. The Morgan fingerprint density at radius 3 is 2.76 bits per heavy atom. The quantitative estimate of drug-likeness (QED) is 0.786. The lowest BCUT2D eigenvalue weighted by atomic mass is 9.95. The van der Waals surface area contributed by atoms with Crippen LogP contribution in [0.5, 0.6) is 5.75 Å². The topological polar surface area (TPSA) is 109 Å². The first-order valence-electron chi connectivity index (χ1n) is 9.60. The highest BCUT2D eigenvalue weighted by Crippen LogP contribution is 2.27. The summed E-state index contributed by atoms with van der Waals surface area (Å²) in [5.74, 6) is -0.723. The molecule has 2 aromatic rings. The zero-order valence-electron chi connectivity index (χ0n) is 15.7. The van der Waals surface area contributed by atoms with Gasteiger partial charge in [0, 0.05) is 13.0 Å². The molecule has 3 unspecified atom stereocenters. The summed E-state index contributed by atoms with van der Waals surface area (Å²) in [4.78, 5) is 39.8. The van der Waals surface area contributed by atoms with E-state index >= 15 is 0 Å². The third-order valence-electron chi connectivity index (χ3n) is 5.35. The average molecular weight is 398 g/mol. The summed E-state index contributed by atoms with van der Waals surface area (Å²) in [6.07, 6.45) is 2.79. The maximum absolute atomic E-state index is 13.4. The van der Waals surface area contributed by atoms with Crippen molar-refractivity contribution in [3.8, 4) is 5.75 Å².